The second kappa shape index (κ2) is 9.44. The first-order valence-corrected chi connectivity index (χ1v) is 11.3. The number of aromatic nitrogens is 6. The molecule has 172 valence electrons. The molecule has 2 aromatic carbocycles. The molecule has 0 fully saturated rings. The number of Topliss-reactive ketones (excluding diaryl/α,β-unsaturated/α-hetero) is 1. The molecule has 2 N–H and O–H groups in total. The molecular formula is C26H27N7O. The van der Waals surface area contributed by atoms with Crippen molar-refractivity contribution in [3.63, 3.8) is 0 Å². The fourth-order valence-electron chi connectivity index (χ4n) is 4.24. The molecule has 0 saturated heterocycles. The van der Waals surface area contributed by atoms with Crippen molar-refractivity contribution >= 4 is 16.7 Å². The van der Waals surface area contributed by atoms with Crippen LogP contribution in [-0.4, -0.2) is 61.5 Å². The maximum atomic E-state index is 13.1. The van der Waals surface area contributed by atoms with E-state index in [1.807, 2.05) is 53.5 Å². The number of fused-ring (bicyclic) bond motifs is 1. The summed E-state index contributed by atoms with van der Waals surface area (Å²) in [5, 5.41) is 19.6. The minimum atomic E-state index is -0.0357. The third kappa shape index (κ3) is 4.53. The summed E-state index contributed by atoms with van der Waals surface area (Å²) in [7, 11) is 4.14. The van der Waals surface area contributed by atoms with Gasteiger partial charge in [-0.1, -0.05) is 36.4 Å². The molecule has 1 unspecified atom stereocenters. The third-order valence-corrected chi connectivity index (χ3v) is 6.03. The smallest absolute Gasteiger partial charge is 0.188 e. The monoisotopic (exact) mass is 453 g/mol. The van der Waals surface area contributed by atoms with Gasteiger partial charge < -0.3 is 4.90 Å². The number of hydrogen-bond acceptors (Lipinski definition) is 5. The van der Waals surface area contributed by atoms with Crippen molar-refractivity contribution in [2.75, 3.05) is 20.6 Å². The molecule has 8 heteroatoms. The highest BCUT2D eigenvalue weighted by atomic mass is 16.1. The zero-order chi connectivity index (χ0) is 23.5. The Morgan fingerprint density at radius 2 is 1.94 bits per heavy atom. The fourth-order valence-corrected chi connectivity index (χ4v) is 4.24. The van der Waals surface area contributed by atoms with Crippen molar-refractivity contribution < 1.29 is 4.79 Å². The second-order valence-corrected chi connectivity index (χ2v) is 8.77. The normalized spacial score (nSPS) is 12.4. The van der Waals surface area contributed by atoms with Gasteiger partial charge in [0, 0.05) is 29.8 Å². The third-order valence-electron chi connectivity index (χ3n) is 6.03. The summed E-state index contributed by atoms with van der Waals surface area (Å²) in [4.78, 5) is 15.3. The van der Waals surface area contributed by atoms with Crippen molar-refractivity contribution in [2.45, 2.75) is 18.9 Å². The van der Waals surface area contributed by atoms with Crippen LogP contribution in [0, 0.1) is 0 Å². The highest BCUT2D eigenvalue weighted by Crippen LogP contribution is 2.26. The summed E-state index contributed by atoms with van der Waals surface area (Å²) in [5.41, 5.74) is 5.35. The van der Waals surface area contributed by atoms with Crippen LogP contribution in [-0.2, 0) is 6.42 Å². The Hall–Kier alpha value is -4.04. The predicted molar refractivity (Wildman–Crippen MR) is 132 cm³/mol. The van der Waals surface area contributed by atoms with E-state index in [4.69, 9.17) is 0 Å². The Balaban J connectivity index is 1.35. The summed E-state index contributed by atoms with van der Waals surface area (Å²) in [6.07, 6.45) is 8.55. The van der Waals surface area contributed by atoms with E-state index in [2.05, 4.69) is 56.6 Å². The Kier molecular flexibility index (Phi) is 6.05. The molecule has 3 heterocycles. The Labute approximate surface area is 197 Å². The molecular weight excluding hydrogens is 426 g/mol. The molecule has 1 atom stereocenters. The largest absolute Gasteiger partial charge is 0.309 e. The first-order chi connectivity index (χ1) is 16.6. The molecule has 5 aromatic rings. The topological polar surface area (TPSA) is 95.5 Å². The van der Waals surface area contributed by atoms with Crippen LogP contribution in [0.2, 0.25) is 0 Å². The molecule has 0 aliphatic heterocycles. The van der Waals surface area contributed by atoms with Crippen LogP contribution in [0.5, 0.6) is 0 Å². The fraction of sp³-hybridized carbons (Fsp3) is 0.231. The molecule has 0 aliphatic rings. The van der Waals surface area contributed by atoms with Crippen LogP contribution in [0.3, 0.4) is 0 Å². The van der Waals surface area contributed by atoms with Gasteiger partial charge in [0.1, 0.15) is 5.69 Å². The van der Waals surface area contributed by atoms with Gasteiger partial charge in [0.2, 0.25) is 0 Å². The molecule has 5 rings (SSSR count). The highest BCUT2D eigenvalue weighted by Gasteiger charge is 2.19. The van der Waals surface area contributed by atoms with Gasteiger partial charge in [0.05, 0.1) is 24.0 Å². The minimum Gasteiger partial charge on any atom is -0.309 e. The van der Waals surface area contributed by atoms with E-state index in [9.17, 15) is 4.79 Å². The van der Waals surface area contributed by atoms with E-state index in [1.54, 1.807) is 12.4 Å². The van der Waals surface area contributed by atoms with E-state index in [0.29, 0.717) is 5.69 Å². The number of nitrogens with zero attached hydrogens (tertiary/aromatic N) is 5. The van der Waals surface area contributed by atoms with Crippen molar-refractivity contribution in [3.05, 3.63) is 90.1 Å². The van der Waals surface area contributed by atoms with Crippen LogP contribution in [0.1, 0.15) is 34.1 Å². The molecule has 0 radical (unpaired) electrons. The number of benzene rings is 2. The number of carbonyl (C=O) groups is 1. The van der Waals surface area contributed by atoms with Crippen LogP contribution in [0.4, 0.5) is 0 Å². The van der Waals surface area contributed by atoms with E-state index in [1.165, 1.54) is 5.56 Å². The molecule has 0 saturated carbocycles. The van der Waals surface area contributed by atoms with Crippen molar-refractivity contribution in [1.82, 2.24) is 35.1 Å². The molecule has 8 nitrogen and oxygen atoms in total. The summed E-state index contributed by atoms with van der Waals surface area (Å²) in [5.74, 6) is -0.0357. The molecule has 0 spiro atoms. The average molecular weight is 454 g/mol. The van der Waals surface area contributed by atoms with Crippen LogP contribution in [0.25, 0.3) is 22.0 Å². The lowest BCUT2D eigenvalue weighted by Crippen LogP contribution is -2.20. The summed E-state index contributed by atoms with van der Waals surface area (Å²) in [6, 6.07) is 16.4. The summed E-state index contributed by atoms with van der Waals surface area (Å²) >= 11 is 0. The Bertz CT molecular complexity index is 1380. The number of rotatable bonds is 9. The average Bonchev–Trinajstić information content (AvgIpc) is 3.60. The van der Waals surface area contributed by atoms with Crippen LogP contribution < -0.4 is 0 Å². The Morgan fingerprint density at radius 3 is 2.71 bits per heavy atom. The predicted octanol–water partition coefficient (Wildman–Crippen LogP) is 4.12. The number of H-pyrrole nitrogens is 2. The second-order valence-electron chi connectivity index (χ2n) is 8.77. The van der Waals surface area contributed by atoms with Crippen LogP contribution >= 0.6 is 0 Å². The van der Waals surface area contributed by atoms with Gasteiger partial charge in [-0.25, -0.2) is 0 Å². The zero-order valence-corrected chi connectivity index (χ0v) is 19.3. The van der Waals surface area contributed by atoms with Gasteiger partial charge in [-0.05, 0) is 55.9 Å². The van der Waals surface area contributed by atoms with Gasteiger partial charge in [0.15, 0.2) is 5.78 Å². The van der Waals surface area contributed by atoms with Gasteiger partial charge in [0.25, 0.3) is 0 Å². The molecule has 34 heavy (non-hydrogen) atoms. The first-order valence-electron chi connectivity index (χ1n) is 11.3. The quantitative estimate of drug-likeness (QED) is 0.328. The van der Waals surface area contributed by atoms with E-state index in [0.717, 1.165) is 40.6 Å². The summed E-state index contributed by atoms with van der Waals surface area (Å²) < 4.78 is 1.97. The summed E-state index contributed by atoms with van der Waals surface area (Å²) in [6.45, 7) is 0.938. The standard InChI is InChI=1S/C26H27N7O/c1-32(2)11-10-24(19-6-4-3-5-7-19)33-17-18(14-29-33)12-25(34)26-22-9-8-20(13-23(22)30-31-26)21-15-27-28-16-21/h3-9,13-17,24H,10-12H2,1-2H3,(H,27,28)(H,30,31). The molecule has 3 aromatic heterocycles. The van der Waals surface area contributed by atoms with E-state index in [-0.39, 0.29) is 18.2 Å². The Morgan fingerprint density at radius 1 is 1.09 bits per heavy atom. The van der Waals surface area contributed by atoms with Gasteiger partial charge in [-0.15, -0.1) is 0 Å². The SMILES string of the molecule is CN(C)CCC(c1ccccc1)n1cc(CC(=O)c2n[nH]c3cc(-c4cn[nH]c4)ccc23)cn1. The van der Waals surface area contributed by atoms with Gasteiger partial charge in [-0.3, -0.25) is 19.7 Å². The molecule has 0 bridgehead atoms. The maximum absolute atomic E-state index is 13.1. The first kappa shape index (κ1) is 21.8. The maximum Gasteiger partial charge on any atom is 0.188 e. The number of hydrogen-bond donors (Lipinski definition) is 2. The lowest BCUT2D eigenvalue weighted by atomic mass is 10.0. The van der Waals surface area contributed by atoms with Crippen molar-refractivity contribution in [1.29, 1.82) is 0 Å². The molecule has 0 aliphatic carbocycles. The number of ketones is 1. The number of nitrogens with one attached hydrogen (secondary N) is 2. The molecule has 0 amide bonds. The van der Waals surface area contributed by atoms with Crippen molar-refractivity contribution in [2.24, 2.45) is 0 Å². The number of aromatic amines is 2. The zero-order valence-electron chi connectivity index (χ0n) is 19.3. The van der Waals surface area contributed by atoms with Gasteiger partial charge >= 0.3 is 0 Å². The minimum absolute atomic E-state index is 0.0357. The van der Waals surface area contributed by atoms with Gasteiger partial charge in [-0.2, -0.15) is 15.3 Å². The lowest BCUT2D eigenvalue weighted by molar-refractivity contribution is 0.0989. The number of carbonyl (C=O) groups excluding carboxylic acids is 1. The highest BCUT2D eigenvalue weighted by molar-refractivity contribution is 6.07. The van der Waals surface area contributed by atoms with E-state index < -0.39 is 0 Å². The van der Waals surface area contributed by atoms with E-state index >= 15 is 0 Å². The van der Waals surface area contributed by atoms with Crippen LogP contribution in [0.15, 0.2) is 73.3 Å². The van der Waals surface area contributed by atoms with Crippen molar-refractivity contribution in [3.8, 4) is 11.1 Å². The lowest BCUT2D eigenvalue weighted by Gasteiger charge is -2.20.